The lowest BCUT2D eigenvalue weighted by Gasteiger charge is -2.40. The van der Waals surface area contributed by atoms with Crippen molar-refractivity contribution in [3.8, 4) is 0 Å². The van der Waals surface area contributed by atoms with Crippen molar-refractivity contribution in [2.75, 3.05) is 6.61 Å². The lowest BCUT2D eigenvalue weighted by Crippen LogP contribution is -2.59. The van der Waals surface area contributed by atoms with Gasteiger partial charge in [-0.1, -0.05) is 12.2 Å². The highest BCUT2D eigenvalue weighted by Crippen LogP contribution is 2.39. The highest BCUT2D eigenvalue weighted by Gasteiger charge is 2.46. The molecule has 176 valence electrons. The number of ether oxygens (including phenoxy) is 3. The standard InChI is InChI=1S/C22H34O9/c1-12-5-3-2-4-6-13-9-14(10-15(13)16(24)7-8-18(25)29-12)30-22-21(28)20(27)19(26)17(11-23)31-22/h4,6-8,12-17,19-24,26-28H,2-3,5,9-11H2,1H3/b6-4?,8-7+/t12-,13+,14-,15+,16+,17?,19?,20?,21?,22?/m0/s1. The summed E-state index contributed by atoms with van der Waals surface area (Å²) < 4.78 is 16.6. The van der Waals surface area contributed by atoms with Gasteiger partial charge in [0.2, 0.25) is 0 Å². The molecule has 9 nitrogen and oxygen atoms in total. The van der Waals surface area contributed by atoms with Gasteiger partial charge in [0, 0.05) is 6.08 Å². The summed E-state index contributed by atoms with van der Waals surface area (Å²) in [5.41, 5.74) is 0. The van der Waals surface area contributed by atoms with Crippen LogP contribution in [0, 0.1) is 11.8 Å². The normalized spacial score (nSPS) is 45.7. The molecule has 0 aromatic rings. The number of hydrogen-bond donors (Lipinski definition) is 5. The number of hydrogen-bond acceptors (Lipinski definition) is 9. The van der Waals surface area contributed by atoms with Crippen LogP contribution < -0.4 is 0 Å². The van der Waals surface area contributed by atoms with Crippen LogP contribution >= 0.6 is 0 Å². The first-order valence-corrected chi connectivity index (χ1v) is 11.0. The van der Waals surface area contributed by atoms with Crippen molar-refractivity contribution in [3.05, 3.63) is 24.3 Å². The number of carbonyl (C=O) groups excluding carboxylic acids is 1. The Morgan fingerprint density at radius 3 is 2.61 bits per heavy atom. The summed E-state index contributed by atoms with van der Waals surface area (Å²) in [6.45, 7) is 1.32. The van der Waals surface area contributed by atoms with E-state index < -0.39 is 49.4 Å². The molecule has 9 heteroatoms. The van der Waals surface area contributed by atoms with Gasteiger partial charge in [-0.3, -0.25) is 0 Å². The number of allylic oxidation sites excluding steroid dienone is 2. The first kappa shape index (κ1) is 24.3. The van der Waals surface area contributed by atoms with Crippen molar-refractivity contribution in [2.24, 2.45) is 11.8 Å². The van der Waals surface area contributed by atoms with E-state index in [1.54, 1.807) is 0 Å². The maximum absolute atomic E-state index is 11.9. The fourth-order valence-corrected chi connectivity index (χ4v) is 4.56. The largest absolute Gasteiger partial charge is 0.460 e. The third-order valence-corrected chi connectivity index (χ3v) is 6.35. The van der Waals surface area contributed by atoms with E-state index in [2.05, 4.69) is 12.2 Å². The van der Waals surface area contributed by atoms with Gasteiger partial charge in [0.1, 0.15) is 24.4 Å². The van der Waals surface area contributed by atoms with E-state index >= 15 is 0 Å². The van der Waals surface area contributed by atoms with Crippen LogP contribution in [0.2, 0.25) is 0 Å². The van der Waals surface area contributed by atoms with Crippen molar-refractivity contribution >= 4 is 5.97 Å². The van der Waals surface area contributed by atoms with Gasteiger partial charge in [0.15, 0.2) is 6.29 Å². The summed E-state index contributed by atoms with van der Waals surface area (Å²) in [6.07, 6.45) is 2.16. The Morgan fingerprint density at radius 2 is 1.87 bits per heavy atom. The first-order chi connectivity index (χ1) is 14.8. The molecule has 31 heavy (non-hydrogen) atoms. The summed E-state index contributed by atoms with van der Waals surface area (Å²) in [4.78, 5) is 11.9. The summed E-state index contributed by atoms with van der Waals surface area (Å²) in [5, 5.41) is 50.1. The van der Waals surface area contributed by atoms with Gasteiger partial charge in [-0.2, -0.15) is 0 Å². The van der Waals surface area contributed by atoms with Crippen LogP contribution in [0.25, 0.3) is 0 Å². The Morgan fingerprint density at radius 1 is 1.10 bits per heavy atom. The Kier molecular flexibility index (Phi) is 8.63. The summed E-state index contributed by atoms with van der Waals surface area (Å²) >= 11 is 0. The van der Waals surface area contributed by atoms with Crippen molar-refractivity contribution in [2.45, 2.75) is 88.0 Å². The zero-order chi connectivity index (χ0) is 22.5. The molecule has 2 heterocycles. The van der Waals surface area contributed by atoms with Gasteiger partial charge < -0.3 is 39.7 Å². The third kappa shape index (κ3) is 6.13. The predicted octanol–water partition coefficient (Wildman–Crippen LogP) is -0.213. The molecule has 1 aliphatic carbocycles. The van der Waals surface area contributed by atoms with E-state index in [-0.39, 0.29) is 24.0 Å². The number of aliphatic hydroxyl groups excluding tert-OH is 5. The van der Waals surface area contributed by atoms with Gasteiger partial charge in [-0.15, -0.1) is 0 Å². The highest BCUT2D eigenvalue weighted by atomic mass is 16.7. The number of cyclic esters (lactones) is 1. The maximum atomic E-state index is 11.9. The molecule has 2 aliphatic heterocycles. The Bertz CT molecular complexity index is 649. The zero-order valence-electron chi connectivity index (χ0n) is 17.7. The molecule has 0 spiro atoms. The van der Waals surface area contributed by atoms with E-state index in [1.807, 2.05) is 6.92 Å². The van der Waals surface area contributed by atoms with Crippen LogP contribution in [-0.4, -0.2) is 87.1 Å². The lowest BCUT2D eigenvalue weighted by atomic mass is 9.90. The molecule has 3 rings (SSSR count). The molecule has 5 unspecified atom stereocenters. The Balaban J connectivity index is 1.69. The van der Waals surface area contributed by atoms with Gasteiger partial charge in [0.25, 0.3) is 0 Å². The van der Waals surface area contributed by atoms with Crippen molar-refractivity contribution in [1.29, 1.82) is 0 Å². The van der Waals surface area contributed by atoms with Crippen LogP contribution in [0.4, 0.5) is 0 Å². The molecule has 1 saturated carbocycles. The van der Waals surface area contributed by atoms with E-state index in [0.717, 1.165) is 19.3 Å². The Labute approximate surface area is 181 Å². The fraction of sp³-hybridized carbons (Fsp3) is 0.773. The van der Waals surface area contributed by atoms with E-state index in [9.17, 15) is 30.3 Å². The summed E-state index contributed by atoms with van der Waals surface area (Å²) in [5.74, 6) is -0.709. The molecular formula is C22H34O9. The topological polar surface area (TPSA) is 146 Å². The summed E-state index contributed by atoms with van der Waals surface area (Å²) in [7, 11) is 0. The minimum atomic E-state index is -1.50. The number of fused-ring (bicyclic) bond motifs is 1. The quantitative estimate of drug-likeness (QED) is 0.296. The average Bonchev–Trinajstić information content (AvgIpc) is 3.14. The first-order valence-electron chi connectivity index (χ1n) is 11.0. The summed E-state index contributed by atoms with van der Waals surface area (Å²) in [6, 6.07) is 0. The van der Waals surface area contributed by atoms with Crippen molar-refractivity contribution < 1.29 is 44.5 Å². The number of carbonyl (C=O) groups is 1. The second-order valence-electron chi connectivity index (χ2n) is 8.71. The monoisotopic (exact) mass is 442 g/mol. The Hall–Kier alpha value is -1.33. The molecule has 0 bridgehead atoms. The van der Waals surface area contributed by atoms with Crippen LogP contribution in [0.1, 0.15) is 39.0 Å². The SMILES string of the molecule is C[C@H]1CCCC=C[C@@H]2C[C@H](OC3OC(CO)C(O)C(O)C3O)C[C@H]2[C@H](O)/C=C/C(=O)O1. The van der Waals surface area contributed by atoms with E-state index in [1.165, 1.54) is 12.2 Å². The molecule has 0 radical (unpaired) electrons. The molecule has 1 saturated heterocycles. The molecule has 2 fully saturated rings. The number of esters is 1. The maximum Gasteiger partial charge on any atom is 0.330 e. The van der Waals surface area contributed by atoms with Crippen molar-refractivity contribution in [3.63, 3.8) is 0 Å². The average molecular weight is 443 g/mol. The lowest BCUT2D eigenvalue weighted by molar-refractivity contribution is -0.311. The molecular weight excluding hydrogens is 408 g/mol. The molecule has 3 aliphatic rings. The fourth-order valence-electron chi connectivity index (χ4n) is 4.56. The highest BCUT2D eigenvalue weighted by molar-refractivity contribution is 5.82. The van der Waals surface area contributed by atoms with Crippen molar-refractivity contribution in [1.82, 2.24) is 0 Å². The van der Waals surface area contributed by atoms with E-state index in [0.29, 0.717) is 12.8 Å². The number of rotatable bonds is 3. The zero-order valence-corrected chi connectivity index (χ0v) is 17.7. The minimum Gasteiger partial charge on any atom is -0.460 e. The number of aliphatic hydroxyl groups is 5. The molecule has 5 N–H and O–H groups in total. The minimum absolute atomic E-state index is 0.0104. The van der Waals surface area contributed by atoms with Crippen LogP contribution in [0.5, 0.6) is 0 Å². The van der Waals surface area contributed by atoms with Crippen LogP contribution in [0.3, 0.4) is 0 Å². The van der Waals surface area contributed by atoms with Crippen LogP contribution in [0.15, 0.2) is 24.3 Å². The molecule has 0 aromatic heterocycles. The second-order valence-corrected chi connectivity index (χ2v) is 8.71. The smallest absolute Gasteiger partial charge is 0.330 e. The van der Waals surface area contributed by atoms with E-state index in [4.69, 9.17) is 14.2 Å². The molecule has 10 atom stereocenters. The molecule has 0 amide bonds. The van der Waals surface area contributed by atoms with Crippen LogP contribution in [-0.2, 0) is 19.0 Å². The second kappa shape index (κ2) is 11.0. The van der Waals surface area contributed by atoms with Gasteiger partial charge in [0.05, 0.1) is 24.9 Å². The van der Waals surface area contributed by atoms with Gasteiger partial charge in [-0.25, -0.2) is 4.79 Å². The van der Waals surface area contributed by atoms with Gasteiger partial charge in [-0.05, 0) is 56.9 Å². The third-order valence-electron chi connectivity index (χ3n) is 6.35. The van der Waals surface area contributed by atoms with Gasteiger partial charge >= 0.3 is 5.97 Å². The predicted molar refractivity (Wildman–Crippen MR) is 109 cm³/mol. The molecule has 0 aromatic carbocycles.